The van der Waals surface area contributed by atoms with Crippen molar-refractivity contribution in [3.05, 3.63) is 23.8 Å². The van der Waals surface area contributed by atoms with Gasteiger partial charge in [-0.3, -0.25) is 4.90 Å². The third-order valence-electron chi connectivity index (χ3n) is 5.01. The lowest BCUT2D eigenvalue weighted by molar-refractivity contribution is 0.159. The van der Waals surface area contributed by atoms with E-state index in [1.165, 1.54) is 5.56 Å². The molecule has 1 aromatic rings. The smallest absolute Gasteiger partial charge is 0.414 e. The van der Waals surface area contributed by atoms with Gasteiger partial charge in [0.1, 0.15) is 6.17 Å². The Morgan fingerprint density at radius 3 is 3.04 bits per heavy atom. The molecule has 132 valence electrons. The second-order valence-electron chi connectivity index (χ2n) is 6.81. The largest absolute Gasteiger partial charge is 0.449 e. The lowest BCUT2D eigenvalue weighted by Gasteiger charge is -2.29. The van der Waals surface area contributed by atoms with Crippen LogP contribution in [0.4, 0.5) is 20.6 Å². The highest BCUT2D eigenvalue weighted by molar-refractivity contribution is 5.90. The van der Waals surface area contributed by atoms with Crippen LogP contribution in [0, 0.1) is 5.92 Å². The predicted octanol–water partition coefficient (Wildman–Crippen LogP) is 4.54. The van der Waals surface area contributed by atoms with E-state index in [9.17, 15) is 9.18 Å². The molecule has 1 saturated carbocycles. The Morgan fingerprint density at radius 2 is 2.25 bits per heavy atom. The molecular formula is C19H27FN2O2. The predicted molar refractivity (Wildman–Crippen MR) is 94.5 cm³/mol. The summed E-state index contributed by atoms with van der Waals surface area (Å²) in [5.74, 6) is 0.394. The van der Waals surface area contributed by atoms with Crippen LogP contribution in [-0.2, 0) is 11.2 Å². The third kappa shape index (κ3) is 4.00. The summed E-state index contributed by atoms with van der Waals surface area (Å²) in [5.41, 5.74) is 3.11. The zero-order valence-electron chi connectivity index (χ0n) is 14.4. The van der Waals surface area contributed by atoms with Crippen LogP contribution in [0.25, 0.3) is 0 Å². The molecule has 0 aromatic heterocycles. The highest BCUT2D eigenvalue weighted by Crippen LogP contribution is 2.31. The summed E-state index contributed by atoms with van der Waals surface area (Å²) in [6.45, 7) is 3.69. The number of rotatable bonds is 4. The van der Waals surface area contributed by atoms with Crippen LogP contribution in [-0.4, -0.2) is 32.0 Å². The summed E-state index contributed by atoms with van der Waals surface area (Å²) >= 11 is 0. The molecule has 1 amide bonds. The molecule has 2 aliphatic rings. The number of amides is 1. The van der Waals surface area contributed by atoms with Crippen LogP contribution in [0.5, 0.6) is 0 Å². The summed E-state index contributed by atoms with van der Waals surface area (Å²) in [7, 11) is 0. The summed E-state index contributed by atoms with van der Waals surface area (Å²) < 4.78 is 18.7. The number of fused-ring (bicyclic) bond motifs is 1. The molecule has 1 aliphatic carbocycles. The number of aryl methyl sites for hydroxylation is 1. The molecule has 0 radical (unpaired) electrons. The van der Waals surface area contributed by atoms with Crippen molar-refractivity contribution in [2.24, 2.45) is 5.92 Å². The number of benzene rings is 1. The van der Waals surface area contributed by atoms with Gasteiger partial charge < -0.3 is 10.1 Å². The fourth-order valence-corrected chi connectivity index (χ4v) is 3.75. The summed E-state index contributed by atoms with van der Waals surface area (Å²) in [6.07, 6.45) is 4.46. The first-order valence-electron chi connectivity index (χ1n) is 9.12. The Labute approximate surface area is 143 Å². The number of carbonyl (C=O) groups excluding carboxylic acids is 1. The number of carbonyl (C=O) groups is 1. The van der Waals surface area contributed by atoms with E-state index in [1.807, 2.05) is 13.0 Å². The van der Waals surface area contributed by atoms with Gasteiger partial charge in [0.2, 0.25) is 0 Å². The number of hydrogen-bond acceptors (Lipinski definition) is 3. The Balaban J connectivity index is 1.67. The van der Waals surface area contributed by atoms with Gasteiger partial charge in [0.05, 0.1) is 12.3 Å². The number of nitrogens with one attached hydrogen (secondary N) is 1. The first kappa shape index (κ1) is 17.1. The van der Waals surface area contributed by atoms with E-state index >= 15 is 0 Å². The molecule has 0 spiro atoms. The van der Waals surface area contributed by atoms with Crippen molar-refractivity contribution in [3.8, 4) is 0 Å². The number of nitrogens with zero attached hydrogens (tertiary/aromatic N) is 1. The van der Waals surface area contributed by atoms with Gasteiger partial charge in [-0.15, -0.1) is 0 Å². The standard InChI is InChI=1S/C19H27FN2O2/c1-2-24-19(23)22-10-4-6-15-8-9-17(12-18(15)22)21-13-14-5-3-7-16(20)11-14/h8-9,12,14,16,21H,2-7,10-11,13H2,1H3. The molecule has 1 heterocycles. The molecule has 1 fully saturated rings. The van der Waals surface area contributed by atoms with Gasteiger partial charge in [0.25, 0.3) is 0 Å². The van der Waals surface area contributed by atoms with Crippen LogP contribution in [0.2, 0.25) is 0 Å². The lowest BCUT2D eigenvalue weighted by Crippen LogP contribution is -2.36. The Morgan fingerprint density at radius 1 is 1.38 bits per heavy atom. The van der Waals surface area contributed by atoms with Crippen molar-refractivity contribution in [1.29, 1.82) is 0 Å². The first-order chi connectivity index (χ1) is 11.7. The zero-order valence-corrected chi connectivity index (χ0v) is 14.4. The van der Waals surface area contributed by atoms with Crippen molar-refractivity contribution in [2.75, 3.05) is 29.9 Å². The highest BCUT2D eigenvalue weighted by Gasteiger charge is 2.24. The van der Waals surface area contributed by atoms with Gasteiger partial charge >= 0.3 is 6.09 Å². The van der Waals surface area contributed by atoms with Gasteiger partial charge in [-0.05, 0) is 62.6 Å². The summed E-state index contributed by atoms with van der Waals surface area (Å²) in [5, 5.41) is 3.43. The van der Waals surface area contributed by atoms with Gasteiger partial charge in [-0.2, -0.15) is 0 Å². The van der Waals surface area contributed by atoms with E-state index in [0.29, 0.717) is 31.9 Å². The molecule has 1 aliphatic heterocycles. The van der Waals surface area contributed by atoms with E-state index in [2.05, 4.69) is 17.4 Å². The van der Waals surface area contributed by atoms with Crippen LogP contribution in [0.15, 0.2) is 18.2 Å². The van der Waals surface area contributed by atoms with E-state index in [1.54, 1.807) is 4.90 Å². The number of anilines is 2. The van der Waals surface area contributed by atoms with E-state index < -0.39 is 6.17 Å². The van der Waals surface area contributed by atoms with Crippen molar-refractivity contribution in [1.82, 2.24) is 0 Å². The maximum Gasteiger partial charge on any atom is 0.414 e. The van der Waals surface area contributed by atoms with E-state index in [-0.39, 0.29) is 6.09 Å². The molecular weight excluding hydrogens is 307 g/mol. The van der Waals surface area contributed by atoms with Crippen molar-refractivity contribution in [3.63, 3.8) is 0 Å². The topological polar surface area (TPSA) is 41.6 Å². The summed E-state index contributed by atoms with van der Waals surface area (Å²) in [6, 6.07) is 6.17. The van der Waals surface area contributed by atoms with Gasteiger partial charge in [0.15, 0.2) is 0 Å². The Hall–Kier alpha value is -1.78. The van der Waals surface area contributed by atoms with Crippen LogP contribution >= 0.6 is 0 Å². The monoisotopic (exact) mass is 334 g/mol. The molecule has 3 rings (SSSR count). The van der Waals surface area contributed by atoms with Crippen molar-refractivity contribution < 1.29 is 13.9 Å². The van der Waals surface area contributed by atoms with Gasteiger partial charge in [-0.1, -0.05) is 12.5 Å². The van der Waals surface area contributed by atoms with Gasteiger partial charge in [0, 0.05) is 18.8 Å². The highest BCUT2D eigenvalue weighted by atomic mass is 19.1. The average molecular weight is 334 g/mol. The minimum Gasteiger partial charge on any atom is -0.449 e. The minimum absolute atomic E-state index is 0.275. The maximum absolute atomic E-state index is 13.5. The molecule has 1 N–H and O–H groups in total. The van der Waals surface area contributed by atoms with Crippen molar-refractivity contribution in [2.45, 2.75) is 51.6 Å². The minimum atomic E-state index is -0.645. The molecule has 0 bridgehead atoms. The molecule has 5 heteroatoms. The van der Waals surface area contributed by atoms with Gasteiger partial charge in [-0.25, -0.2) is 9.18 Å². The quantitative estimate of drug-likeness (QED) is 0.879. The molecule has 1 aromatic carbocycles. The molecule has 4 nitrogen and oxygen atoms in total. The van der Waals surface area contributed by atoms with Crippen molar-refractivity contribution >= 4 is 17.5 Å². The zero-order chi connectivity index (χ0) is 16.9. The lowest BCUT2D eigenvalue weighted by atomic mass is 9.88. The van der Waals surface area contributed by atoms with E-state index in [4.69, 9.17) is 4.74 Å². The second-order valence-corrected chi connectivity index (χ2v) is 6.81. The Kier molecular flexibility index (Phi) is 5.59. The first-order valence-corrected chi connectivity index (χ1v) is 9.12. The number of ether oxygens (including phenoxy) is 1. The average Bonchev–Trinajstić information content (AvgIpc) is 2.59. The summed E-state index contributed by atoms with van der Waals surface area (Å²) in [4.78, 5) is 13.9. The molecule has 2 unspecified atom stereocenters. The number of halogens is 1. The maximum atomic E-state index is 13.5. The SMILES string of the molecule is CCOC(=O)N1CCCc2ccc(NCC3CCCC(F)C3)cc21. The normalized spacial score (nSPS) is 23.5. The van der Waals surface area contributed by atoms with Crippen LogP contribution in [0.1, 0.15) is 44.6 Å². The third-order valence-corrected chi connectivity index (χ3v) is 5.01. The molecule has 0 saturated heterocycles. The fourth-order valence-electron chi connectivity index (χ4n) is 3.75. The van der Waals surface area contributed by atoms with E-state index in [0.717, 1.165) is 43.6 Å². The number of hydrogen-bond donors (Lipinski definition) is 1. The van der Waals surface area contributed by atoms with Crippen LogP contribution < -0.4 is 10.2 Å². The molecule has 24 heavy (non-hydrogen) atoms. The number of alkyl halides is 1. The Bertz CT molecular complexity index is 578. The second kappa shape index (κ2) is 7.86. The van der Waals surface area contributed by atoms with Crippen LogP contribution in [0.3, 0.4) is 0 Å². The molecule has 2 atom stereocenters. The fraction of sp³-hybridized carbons (Fsp3) is 0.632.